The highest BCUT2D eigenvalue weighted by Crippen LogP contribution is 2.46. The van der Waals surface area contributed by atoms with Crippen LogP contribution in [0.25, 0.3) is 0 Å². The second-order valence-corrected chi connectivity index (χ2v) is 7.65. The van der Waals surface area contributed by atoms with Gasteiger partial charge in [-0.15, -0.1) is 0 Å². The van der Waals surface area contributed by atoms with Crippen LogP contribution in [0.5, 0.6) is 11.5 Å². The third-order valence-electron chi connectivity index (χ3n) is 5.59. The zero-order valence-electron chi connectivity index (χ0n) is 16.2. The number of amides is 2. The molecule has 2 aromatic carbocycles. The molecule has 4 atom stereocenters. The molecular formula is C22H24N2O4. The van der Waals surface area contributed by atoms with E-state index in [2.05, 4.69) is 10.6 Å². The van der Waals surface area contributed by atoms with Crippen molar-refractivity contribution >= 4 is 11.8 Å². The summed E-state index contributed by atoms with van der Waals surface area (Å²) >= 11 is 0. The van der Waals surface area contributed by atoms with Crippen molar-refractivity contribution in [3.63, 3.8) is 0 Å². The summed E-state index contributed by atoms with van der Waals surface area (Å²) in [5, 5.41) is 5.88. The minimum atomic E-state index is -0.793. The Balaban J connectivity index is 1.57. The van der Waals surface area contributed by atoms with Gasteiger partial charge in [-0.2, -0.15) is 0 Å². The first-order chi connectivity index (χ1) is 13.4. The van der Waals surface area contributed by atoms with Gasteiger partial charge in [-0.05, 0) is 43.2 Å². The van der Waals surface area contributed by atoms with Gasteiger partial charge in [0.15, 0.2) is 5.72 Å². The first kappa shape index (κ1) is 18.3. The first-order valence-corrected chi connectivity index (χ1v) is 9.44. The van der Waals surface area contributed by atoms with Crippen LogP contribution >= 0.6 is 0 Å². The number of piperidine rings is 1. The van der Waals surface area contributed by atoms with E-state index in [4.69, 9.17) is 9.47 Å². The Hall–Kier alpha value is -3.02. The summed E-state index contributed by atoms with van der Waals surface area (Å²) in [6, 6.07) is 14.9. The van der Waals surface area contributed by atoms with E-state index in [9.17, 15) is 9.59 Å². The van der Waals surface area contributed by atoms with Gasteiger partial charge in [-0.1, -0.05) is 30.3 Å². The van der Waals surface area contributed by atoms with E-state index in [1.54, 1.807) is 7.11 Å². The molecule has 0 unspecified atom stereocenters. The van der Waals surface area contributed by atoms with E-state index in [1.165, 1.54) is 0 Å². The van der Waals surface area contributed by atoms with Crippen molar-refractivity contribution in [2.75, 3.05) is 7.11 Å². The molecule has 4 rings (SSSR count). The number of para-hydroxylation sites is 1. The standard InChI is InChI=1S/C22H24N2O4/c1-13(14-8-10-15(27-3)11-9-14)23-20(25)19-17-12-22(2,24-21(19)26)28-18-7-5-4-6-16(17)18/h4-11,13,17,19H,12H2,1-3H3,(H,23,25)(H,24,26)/t13-,17+,19-,22-/m1/s1. The predicted octanol–water partition coefficient (Wildman–Crippen LogP) is 2.90. The molecule has 0 saturated carbocycles. The molecule has 6 nitrogen and oxygen atoms in total. The number of hydrogen-bond donors (Lipinski definition) is 2. The van der Waals surface area contributed by atoms with Crippen LogP contribution in [0.4, 0.5) is 0 Å². The number of benzene rings is 2. The maximum Gasteiger partial charge on any atom is 0.236 e. The van der Waals surface area contributed by atoms with Crippen LogP contribution in [-0.2, 0) is 9.59 Å². The highest BCUT2D eigenvalue weighted by molar-refractivity contribution is 6.02. The summed E-state index contributed by atoms with van der Waals surface area (Å²) in [5.41, 5.74) is 1.07. The van der Waals surface area contributed by atoms with Crippen LogP contribution < -0.4 is 20.1 Å². The molecule has 1 fully saturated rings. The predicted molar refractivity (Wildman–Crippen MR) is 104 cm³/mol. The molecule has 2 N–H and O–H groups in total. The fraction of sp³-hybridized carbons (Fsp3) is 0.364. The minimum absolute atomic E-state index is 0.216. The number of ether oxygens (including phenoxy) is 2. The molecule has 2 amide bonds. The van der Waals surface area contributed by atoms with Gasteiger partial charge in [-0.3, -0.25) is 9.59 Å². The average Bonchev–Trinajstić information content (AvgIpc) is 2.67. The number of hydrogen-bond acceptors (Lipinski definition) is 4. The molecule has 146 valence electrons. The number of nitrogens with one attached hydrogen (secondary N) is 2. The lowest BCUT2D eigenvalue weighted by atomic mass is 9.74. The second-order valence-electron chi connectivity index (χ2n) is 7.65. The van der Waals surface area contributed by atoms with Crippen molar-refractivity contribution in [1.82, 2.24) is 10.6 Å². The summed E-state index contributed by atoms with van der Waals surface area (Å²) < 4.78 is 11.2. The fourth-order valence-corrected chi connectivity index (χ4v) is 4.17. The lowest BCUT2D eigenvalue weighted by molar-refractivity contribution is -0.147. The van der Waals surface area contributed by atoms with E-state index in [0.29, 0.717) is 6.42 Å². The molecule has 6 heteroatoms. The van der Waals surface area contributed by atoms with Gasteiger partial charge in [0, 0.05) is 12.3 Å². The van der Waals surface area contributed by atoms with E-state index >= 15 is 0 Å². The smallest absolute Gasteiger partial charge is 0.236 e. The van der Waals surface area contributed by atoms with E-state index < -0.39 is 11.6 Å². The number of fused-ring (bicyclic) bond motifs is 4. The third-order valence-corrected chi connectivity index (χ3v) is 5.59. The Morgan fingerprint density at radius 2 is 1.96 bits per heavy atom. The lowest BCUT2D eigenvalue weighted by Gasteiger charge is -2.46. The normalized spacial score (nSPS) is 26.3. The van der Waals surface area contributed by atoms with Crippen molar-refractivity contribution in [2.24, 2.45) is 5.92 Å². The maximum absolute atomic E-state index is 13.1. The van der Waals surface area contributed by atoms with Crippen molar-refractivity contribution in [1.29, 1.82) is 0 Å². The van der Waals surface area contributed by atoms with Gasteiger partial charge in [0.1, 0.15) is 17.4 Å². The number of carbonyl (C=O) groups is 2. The highest BCUT2D eigenvalue weighted by Gasteiger charge is 2.51. The maximum atomic E-state index is 13.1. The van der Waals surface area contributed by atoms with Gasteiger partial charge in [0.2, 0.25) is 11.8 Å². The van der Waals surface area contributed by atoms with Gasteiger partial charge in [0.25, 0.3) is 0 Å². The molecule has 2 bridgehead atoms. The molecule has 2 aliphatic rings. The van der Waals surface area contributed by atoms with Crippen LogP contribution in [0.1, 0.15) is 43.4 Å². The quantitative estimate of drug-likeness (QED) is 0.800. The second kappa shape index (κ2) is 6.86. The molecule has 1 saturated heterocycles. The van der Waals surface area contributed by atoms with Gasteiger partial charge in [-0.25, -0.2) is 0 Å². The van der Waals surface area contributed by atoms with Gasteiger partial charge in [0.05, 0.1) is 13.2 Å². The molecule has 2 aromatic rings. The molecule has 0 spiro atoms. The minimum Gasteiger partial charge on any atom is -0.497 e. The Bertz CT molecular complexity index is 911. The Morgan fingerprint density at radius 1 is 1.25 bits per heavy atom. The summed E-state index contributed by atoms with van der Waals surface area (Å²) in [6.07, 6.45) is 0.560. The Morgan fingerprint density at radius 3 is 2.68 bits per heavy atom. The topological polar surface area (TPSA) is 76.7 Å². The fourth-order valence-electron chi connectivity index (χ4n) is 4.17. The van der Waals surface area contributed by atoms with Crippen LogP contribution in [-0.4, -0.2) is 24.6 Å². The third kappa shape index (κ3) is 3.19. The zero-order chi connectivity index (χ0) is 19.9. The van der Waals surface area contributed by atoms with E-state index in [1.807, 2.05) is 62.4 Å². The largest absolute Gasteiger partial charge is 0.497 e. The summed E-state index contributed by atoms with van der Waals surface area (Å²) in [5.74, 6) is -0.0999. The average molecular weight is 380 g/mol. The number of carbonyl (C=O) groups excluding carboxylic acids is 2. The molecular weight excluding hydrogens is 356 g/mol. The van der Waals surface area contributed by atoms with Crippen LogP contribution in [0, 0.1) is 5.92 Å². The van der Waals surface area contributed by atoms with Gasteiger partial charge < -0.3 is 20.1 Å². The summed E-state index contributed by atoms with van der Waals surface area (Å²) in [4.78, 5) is 25.9. The molecule has 0 aliphatic carbocycles. The Kier molecular flexibility index (Phi) is 4.49. The summed E-state index contributed by atoms with van der Waals surface area (Å²) in [7, 11) is 1.61. The first-order valence-electron chi connectivity index (χ1n) is 9.44. The van der Waals surface area contributed by atoms with Crippen molar-refractivity contribution < 1.29 is 19.1 Å². The van der Waals surface area contributed by atoms with E-state index in [0.717, 1.165) is 22.6 Å². The highest BCUT2D eigenvalue weighted by atomic mass is 16.5. The molecule has 2 heterocycles. The number of methoxy groups -OCH3 is 1. The van der Waals surface area contributed by atoms with Crippen molar-refractivity contribution in [3.8, 4) is 11.5 Å². The van der Waals surface area contributed by atoms with Crippen molar-refractivity contribution in [3.05, 3.63) is 59.7 Å². The van der Waals surface area contributed by atoms with Crippen LogP contribution in [0.2, 0.25) is 0 Å². The van der Waals surface area contributed by atoms with Crippen LogP contribution in [0.3, 0.4) is 0 Å². The monoisotopic (exact) mass is 380 g/mol. The summed E-state index contributed by atoms with van der Waals surface area (Å²) in [6.45, 7) is 3.75. The molecule has 28 heavy (non-hydrogen) atoms. The SMILES string of the molecule is COc1ccc([C@@H](C)NC(=O)[C@@H]2C(=O)N[C@@]3(C)C[C@H]2c2ccccc2O3)cc1. The van der Waals surface area contributed by atoms with Gasteiger partial charge >= 0.3 is 0 Å². The molecule has 0 radical (unpaired) electrons. The van der Waals surface area contributed by atoms with Crippen molar-refractivity contribution in [2.45, 2.75) is 38.0 Å². The molecule has 2 aliphatic heterocycles. The van der Waals surface area contributed by atoms with Crippen LogP contribution in [0.15, 0.2) is 48.5 Å². The number of rotatable bonds is 4. The molecule has 0 aromatic heterocycles. The zero-order valence-corrected chi connectivity index (χ0v) is 16.2. The Labute approximate surface area is 164 Å². The van der Waals surface area contributed by atoms with E-state index in [-0.39, 0.29) is 23.8 Å². The lowest BCUT2D eigenvalue weighted by Crippen LogP contribution is -2.63.